The molecule has 0 aliphatic carbocycles. The molecule has 1 aromatic rings. The monoisotopic (exact) mass is 313 g/mol. The van der Waals surface area contributed by atoms with Crippen molar-refractivity contribution in [2.45, 2.75) is 57.2 Å². The summed E-state index contributed by atoms with van der Waals surface area (Å²) in [5.41, 5.74) is 1.28. The summed E-state index contributed by atoms with van der Waals surface area (Å²) in [6, 6.07) is 8.41. The van der Waals surface area contributed by atoms with E-state index < -0.39 is 11.4 Å². The van der Waals surface area contributed by atoms with Crippen LogP contribution < -0.4 is 0 Å². The number of hydrogen-bond donors (Lipinski definition) is 0. The molecule has 0 amide bonds. The fourth-order valence-electron chi connectivity index (χ4n) is 2.64. The Bertz CT molecular complexity index is 429. The van der Waals surface area contributed by atoms with E-state index in [0.29, 0.717) is 6.04 Å². The number of nitrogens with zero attached hydrogens (tertiary/aromatic N) is 1. The minimum Gasteiger partial charge on any atom is -0.597 e. The molecule has 2 nitrogen and oxygen atoms in total. The molecule has 0 unspecified atom stereocenters. The van der Waals surface area contributed by atoms with Crippen molar-refractivity contribution in [1.82, 2.24) is 4.31 Å². The summed E-state index contributed by atoms with van der Waals surface area (Å²) in [5.74, 6) is 0. The summed E-state index contributed by atoms with van der Waals surface area (Å²) in [4.78, 5) is 0. The topological polar surface area (TPSA) is 26.3 Å². The third-order valence-corrected chi connectivity index (χ3v) is 5.90. The third-order valence-electron chi connectivity index (χ3n) is 3.69. The second kappa shape index (κ2) is 6.69. The lowest BCUT2D eigenvalue weighted by Gasteiger charge is -2.40. The molecule has 0 bridgehead atoms. The second-order valence-electron chi connectivity index (χ2n) is 6.48. The lowest BCUT2D eigenvalue weighted by molar-refractivity contribution is 0.245. The van der Waals surface area contributed by atoms with E-state index in [9.17, 15) is 4.55 Å². The van der Waals surface area contributed by atoms with E-state index in [1.165, 1.54) is 12.0 Å². The van der Waals surface area contributed by atoms with E-state index in [1.807, 2.05) is 12.1 Å². The van der Waals surface area contributed by atoms with E-state index in [-0.39, 0.29) is 4.75 Å². The van der Waals surface area contributed by atoms with Crippen LogP contribution in [-0.4, -0.2) is 26.2 Å². The molecule has 1 heterocycles. The minimum absolute atomic E-state index is 0.185. The van der Waals surface area contributed by atoms with Gasteiger partial charge in [0, 0.05) is 22.9 Å². The van der Waals surface area contributed by atoms with Gasteiger partial charge in [-0.05, 0) is 57.7 Å². The molecular weight excluding hydrogens is 290 g/mol. The maximum absolute atomic E-state index is 12.7. The Morgan fingerprint density at radius 2 is 1.90 bits per heavy atom. The van der Waals surface area contributed by atoms with E-state index in [2.05, 4.69) is 37.2 Å². The van der Waals surface area contributed by atoms with Crippen LogP contribution in [0.4, 0.5) is 0 Å². The van der Waals surface area contributed by atoms with Crippen molar-refractivity contribution in [1.29, 1.82) is 0 Å². The van der Waals surface area contributed by atoms with Gasteiger partial charge < -0.3 is 4.55 Å². The van der Waals surface area contributed by atoms with Gasteiger partial charge in [0.2, 0.25) is 0 Å². The first-order valence-electron chi connectivity index (χ1n) is 7.31. The summed E-state index contributed by atoms with van der Waals surface area (Å²) in [6.07, 6.45) is 4.47. The molecule has 0 saturated carbocycles. The highest BCUT2D eigenvalue weighted by atomic mass is 35.5. The Hall–Kier alpha value is -0.220. The lowest BCUT2D eigenvalue weighted by Crippen LogP contribution is -2.51. The Morgan fingerprint density at radius 1 is 1.25 bits per heavy atom. The summed E-state index contributed by atoms with van der Waals surface area (Å²) < 4.78 is 14.7. The Kier molecular flexibility index (Phi) is 5.41. The Balaban J connectivity index is 2.09. The fourth-order valence-corrected chi connectivity index (χ4v) is 4.22. The highest BCUT2D eigenvalue weighted by Gasteiger charge is 2.38. The molecule has 1 aliphatic rings. The van der Waals surface area contributed by atoms with Crippen molar-refractivity contribution in [3.8, 4) is 0 Å². The number of piperidine rings is 1. The van der Waals surface area contributed by atoms with Gasteiger partial charge in [-0.25, -0.2) is 0 Å². The van der Waals surface area contributed by atoms with Gasteiger partial charge in [0.25, 0.3) is 0 Å². The van der Waals surface area contributed by atoms with Crippen molar-refractivity contribution in [3.05, 3.63) is 34.9 Å². The predicted octanol–water partition coefficient (Wildman–Crippen LogP) is 4.20. The second-order valence-corrected chi connectivity index (χ2v) is 9.11. The van der Waals surface area contributed by atoms with Crippen LogP contribution >= 0.6 is 11.6 Å². The minimum atomic E-state index is -0.925. The van der Waals surface area contributed by atoms with Crippen LogP contribution in [0.15, 0.2) is 24.3 Å². The van der Waals surface area contributed by atoms with Gasteiger partial charge in [-0.2, -0.15) is 0 Å². The van der Waals surface area contributed by atoms with Crippen LogP contribution in [0.25, 0.3) is 0 Å². The normalized spacial score (nSPS) is 22.8. The SMILES string of the molecule is CC(C)(C)[S@+]([O-])N1CCCC[C@@H]1Cc1ccc(Cl)cc1. The first kappa shape index (κ1) is 16.2. The Labute approximate surface area is 130 Å². The summed E-state index contributed by atoms with van der Waals surface area (Å²) >= 11 is 5.01. The van der Waals surface area contributed by atoms with Crippen LogP contribution in [0.1, 0.15) is 45.6 Å². The van der Waals surface area contributed by atoms with Crippen LogP contribution in [0.3, 0.4) is 0 Å². The molecule has 20 heavy (non-hydrogen) atoms. The zero-order valence-corrected chi connectivity index (χ0v) is 14.1. The fraction of sp³-hybridized carbons (Fsp3) is 0.625. The molecule has 1 fully saturated rings. The molecule has 4 heteroatoms. The third kappa shape index (κ3) is 4.14. The van der Waals surface area contributed by atoms with Gasteiger partial charge in [-0.3, -0.25) is 0 Å². The number of rotatable bonds is 3. The molecule has 0 N–H and O–H groups in total. The van der Waals surface area contributed by atoms with Crippen molar-refractivity contribution in [2.75, 3.05) is 6.54 Å². The quantitative estimate of drug-likeness (QED) is 0.782. The maximum Gasteiger partial charge on any atom is 0.137 e. The van der Waals surface area contributed by atoms with Gasteiger partial charge in [-0.1, -0.05) is 30.2 Å². The van der Waals surface area contributed by atoms with Gasteiger partial charge in [0.1, 0.15) is 4.75 Å². The molecule has 1 aromatic carbocycles. The zero-order valence-electron chi connectivity index (χ0n) is 12.6. The molecule has 0 radical (unpaired) electrons. The molecule has 0 spiro atoms. The number of halogens is 1. The van der Waals surface area contributed by atoms with Crippen LogP contribution in [-0.2, 0) is 17.8 Å². The molecule has 2 rings (SSSR count). The van der Waals surface area contributed by atoms with Crippen LogP contribution in [0.5, 0.6) is 0 Å². The standard InChI is InChI=1S/C16H24ClNOS/c1-16(2,3)20(19)18-11-5-4-6-15(18)12-13-7-9-14(17)10-8-13/h7-10,15H,4-6,11-12H2,1-3H3/t15-,20+/m1/s1. The largest absolute Gasteiger partial charge is 0.597 e. The van der Waals surface area contributed by atoms with Crippen LogP contribution in [0, 0.1) is 0 Å². The molecule has 112 valence electrons. The zero-order chi connectivity index (χ0) is 14.8. The predicted molar refractivity (Wildman–Crippen MR) is 87.4 cm³/mol. The van der Waals surface area contributed by atoms with E-state index >= 15 is 0 Å². The summed E-state index contributed by atoms with van der Waals surface area (Å²) in [5, 5.41) is 0.771. The van der Waals surface area contributed by atoms with Crippen molar-refractivity contribution in [2.24, 2.45) is 0 Å². The molecule has 2 atom stereocenters. The summed E-state index contributed by atoms with van der Waals surface area (Å²) in [7, 11) is 0. The van der Waals surface area contributed by atoms with E-state index in [0.717, 1.165) is 30.8 Å². The van der Waals surface area contributed by atoms with E-state index in [1.54, 1.807) is 0 Å². The highest BCUT2D eigenvalue weighted by molar-refractivity contribution is 7.90. The maximum atomic E-state index is 12.7. The van der Waals surface area contributed by atoms with E-state index in [4.69, 9.17) is 11.6 Å². The lowest BCUT2D eigenvalue weighted by atomic mass is 9.98. The molecule has 1 aliphatic heterocycles. The van der Waals surface area contributed by atoms with Gasteiger partial charge in [-0.15, -0.1) is 4.31 Å². The molecular formula is C16H24ClNOS. The first-order chi connectivity index (χ1) is 9.38. The van der Waals surface area contributed by atoms with Crippen molar-refractivity contribution in [3.63, 3.8) is 0 Å². The average molecular weight is 314 g/mol. The highest BCUT2D eigenvalue weighted by Crippen LogP contribution is 2.29. The first-order valence-corrected chi connectivity index (χ1v) is 8.79. The van der Waals surface area contributed by atoms with Crippen LogP contribution in [0.2, 0.25) is 5.02 Å². The van der Waals surface area contributed by atoms with Gasteiger partial charge >= 0.3 is 0 Å². The smallest absolute Gasteiger partial charge is 0.137 e. The Morgan fingerprint density at radius 3 is 2.50 bits per heavy atom. The van der Waals surface area contributed by atoms with Crippen molar-refractivity contribution < 1.29 is 4.55 Å². The van der Waals surface area contributed by atoms with Gasteiger partial charge in [0.15, 0.2) is 0 Å². The molecule has 0 aromatic heterocycles. The number of hydrogen-bond acceptors (Lipinski definition) is 2. The summed E-state index contributed by atoms with van der Waals surface area (Å²) in [6.45, 7) is 7.10. The van der Waals surface area contributed by atoms with Gasteiger partial charge in [0.05, 0.1) is 6.04 Å². The van der Waals surface area contributed by atoms with Crippen molar-refractivity contribution >= 4 is 23.0 Å². The molecule has 1 saturated heterocycles. The number of benzene rings is 1. The average Bonchev–Trinajstić information content (AvgIpc) is 2.40.